The first kappa shape index (κ1) is 17.0. The van der Waals surface area contributed by atoms with E-state index in [9.17, 15) is 9.59 Å². The van der Waals surface area contributed by atoms with Gasteiger partial charge in [-0.1, -0.05) is 37.3 Å². The van der Waals surface area contributed by atoms with Crippen LogP contribution in [0.4, 0.5) is 0 Å². The summed E-state index contributed by atoms with van der Waals surface area (Å²) < 4.78 is 4.93. The number of allylic oxidation sites excluding steroid dienone is 2. The van der Waals surface area contributed by atoms with Gasteiger partial charge in [0.05, 0.1) is 13.0 Å². The standard InChI is InChI=1S/C19H23NO3/c1-4-16(19(22)23-3)17-12-20(11-10-14(17)2)18(13-21)15-8-6-5-7-9-15/h5-11,13,16,18H,4,12H2,1-3H3. The Bertz CT molecular complexity index is 619. The number of hydrogen-bond donors (Lipinski definition) is 0. The van der Waals surface area contributed by atoms with Gasteiger partial charge in [0, 0.05) is 12.7 Å². The Morgan fingerprint density at radius 3 is 2.61 bits per heavy atom. The van der Waals surface area contributed by atoms with Gasteiger partial charge in [0.2, 0.25) is 0 Å². The zero-order chi connectivity index (χ0) is 16.8. The van der Waals surface area contributed by atoms with Crippen molar-refractivity contribution in [3.05, 3.63) is 59.3 Å². The monoisotopic (exact) mass is 313 g/mol. The lowest BCUT2D eigenvalue weighted by molar-refractivity contribution is -0.144. The predicted octanol–water partition coefficient (Wildman–Crippen LogP) is 3.27. The van der Waals surface area contributed by atoms with Crippen molar-refractivity contribution >= 4 is 12.3 Å². The quantitative estimate of drug-likeness (QED) is 0.597. The highest BCUT2D eigenvalue weighted by Crippen LogP contribution is 2.30. The Balaban J connectivity index is 2.27. The van der Waals surface area contributed by atoms with E-state index in [-0.39, 0.29) is 17.9 Å². The summed E-state index contributed by atoms with van der Waals surface area (Å²) in [6, 6.07) is 9.29. The molecule has 0 spiro atoms. The molecule has 0 amide bonds. The molecule has 0 fully saturated rings. The molecule has 0 N–H and O–H groups in total. The molecule has 0 aromatic heterocycles. The van der Waals surface area contributed by atoms with Gasteiger partial charge in [-0.15, -0.1) is 0 Å². The molecule has 2 rings (SSSR count). The van der Waals surface area contributed by atoms with Gasteiger partial charge in [-0.3, -0.25) is 4.79 Å². The SMILES string of the molecule is CCC(C(=O)OC)C1=C(C)C=CN(C(C=O)c2ccccc2)C1. The van der Waals surface area contributed by atoms with Crippen LogP contribution in [0.2, 0.25) is 0 Å². The molecule has 1 aromatic carbocycles. The van der Waals surface area contributed by atoms with Crippen LogP contribution in [0.25, 0.3) is 0 Å². The molecule has 1 aromatic rings. The molecule has 0 radical (unpaired) electrons. The van der Waals surface area contributed by atoms with Crippen LogP contribution in [0, 0.1) is 5.92 Å². The molecule has 23 heavy (non-hydrogen) atoms. The lowest BCUT2D eigenvalue weighted by atomic mass is 9.89. The molecule has 0 saturated heterocycles. The number of rotatable bonds is 6. The minimum atomic E-state index is -0.356. The van der Waals surface area contributed by atoms with Gasteiger partial charge in [0.15, 0.2) is 0 Å². The second-order valence-corrected chi connectivity index (χ2v) is 5.67. The predicted molar refractivity (Wildman–Crippen MR) is 89.6 cm³/mol. The summed E-state index contributed by atoms with van der Waals surface area (Å²) in [5.41, 5.74) is 3.03. The highest BCUT2D eigenvalue weighted by Gasteiger charge is 2.28. The van der Waals surface area contributed by atoms with Crippen LogP contribution in [0.3, 0.4) is 0 Å². The van der Waals surface area contributed by atoms with Crippen molar-refractivity contribution in [3.63, 3.8) is 0 Å². The average Bonchev–Trinajstić information content (AvgIpc) is 2.59. The molecular formula is C19H23NO3. The van der Waals surface area contributed by atoms with E-state index in [0.717, 1.165) is 23.0 Å². The third-order valence-corrected chi connectivity index (χ3v) is 4.32. The first-order valence-electron chi connectivity index (χ1n) is 7.84. The maximum Gasteiger partial charge on any atom is 0.312 e. The third kappa shape index (κ3) is 3.70. The lowest BCUT2D eigenvalue weighted by Gasteiger charge is -2.33. The Morgan fingerprint density at radius 2 is 2.04 bits per heavy atom. The van der Waals surface area contributed by atoms with Crippen LogP contribution in [0.15, 0.2) is 53.8 Å². The number of ether oxygens (including phenoxy) is 1. The number of aldehydes is 1. The van der Waals surface area contributed by atoms with E-state index in [1.165, 1.54) is 7.11 Å². The summed E-state index contributed by atoms with van der Waals surface area (Å²) in [7, 11) is 1.41. The minimum absolute atomic E-state index is 0.223. The normalized spacial score (nSPS) is 16.9. The Hall–Kier alpha value is -2.36. The van der Waals surface area contributed by atoms with Crippen LogP contribution < -0.4 is 0 Å². The Morgan fingerprint density at radius 1 is 1.35 bits per heavy atom. The van der Waals surface area contributed by atoms with Crippen molar-refractivity contribution in [3.8, 4) is 0 Å². The minimum Gasteiger partial charge on any atom is -0.469 e. The van der Waals surface area contributed by atoms with E-state index >= 15 is 0 Å². The molecule has 2 unspecified atom stereocenters. The summed E-state index contributed by atoms with van der Waals surface area (Å²) in [6.45, 7) is 4.51. The molecule has 4 heteroatoms. The molecule has 2 atom stereocenters. The summed E-state index contributed by atoms with van der Waals surface area (Å²) in [5, 5.41) is 0. The maximum atomic E-state index is 12.0. The van der Waals surface area contributed by atoms with Gasteiger partial charge in [-0.2, -0.15) is 0 Å². The molecule has 0 bridgehead atoms. The maximum absolute atomic E-state index is 12.0. The smallest absolute Gasteiger partial charge is 0.312 e. The van der Waals surface area contributed by atoms with Gasteiger partial charge >= 0.3 is 5.97 Å². The summed E-state index contributed by atoms with van der Waals surface area (Å²) in [6.07, 6.45) is 5.51. The molecule has 0 aliphatic carbocycles. The second-order valence-electron chi connectivity index (χ2n) is 5.67. The lowest BCUT2D eigenvalue weighted by Crippen LogP contribution is -2.33. The molecular weight excluding hydrogens is 290 g/mol. The van der Waals surface area contributed by atoms with Crippen LogP contribution in [-0.2, 0) is 14.3 Å². The molecule has 1 heterocycles. The number of methoxy groups -OCH3 is 1. The molecule has 1 aliphatic rings. The van der Waals surface area contributed by atoms with E-state index in [1.54, 1.807) is 0 Å². The van der Waals surface area contributed by atoms with Crippen LogP contribution >= 0.6 is 0 Å². The zero-order valence-corrected chi connectivity index (χ0v) is 13.9. The zero-order valence-electron chi connectivity index (χ0n) is 13.9. The van der Waals surface area contributed by atoms with E-state index in [4.69, 9.17) is 4.74 Å². The van der Waals surface area contributed by atoms with E-state index in [0.29, 0.717) is 13.0 Å². The highest BCUT2D eigenvalue weighted by molar-refractivity contribution is 5.76. The van der Waals surface area contributed by atoms with E-state index < -0.39 is 0 Å². The van der Waals surface area contributed by atoms with Gasteiger partial charge < -0.3 is 14.4 Å². The fourth-order valence-corrected chi connectivity index (χ4v) is 2.96. The second kappa shape index (κ2) is 7.77. The molecule has 1 aliphatic heterocycles. The van der Waals surface area contributed by atoms with Crippen molar-refractivity contribution in [1.29, 1.82) is 0 Å². The van der Waals surface area contributed by atoms with Gasteiger partial charge in [-0.05, 0) is 36.1 Å². The number of carbonyl (C=O) groups is 2. The largest absolute Gasteiger partial charge is 0.469 e. The first-order valence-corrected chi connectivity index (χ1v) is 7.84. The topological polar surface area (TPSA) is 46.6 Å². The average molecular weight is 313 g/mol. The fourth-order valence-electron chi connectivity index (χ4n) is 2.96. The molecule has 4 nitrogen and oxygen atoms in total. The number of benzene rings is 1. The first-order chi connectivity index (χ1) is 11.1. The van der Waals surface area contributed by atoms with Gasteiger partial charge in [-0.25, -0.2) is 0 Å². The van der Waals surface area contributed by atoms with Gasteiger partial charge in [0.1, 0.15) is 12.3 Å². The number of nitrogens with zero attached hydrogens (tertiary/aromatic N) is 1. The molecule has 122 valence electrons. The van der Waals surface area contributed by atoms with Crippen molar-refractivity contribution < 1.29 is 14.3 Å². The number of hydrogen-bond acceptors (Lipinski definition) is 4. The Labute approximate surface area is 137 Å². The van der Waals surface area contributed by atoms with E-state index in [2.05, 4.69) is 0 Å². The fraction of sp³-hybridized carbons (Fsp3) is 0.368. The molecule has 0 saturated carbocycles. The van der Waals surface area contributed by atoms with Crippen molar-refractivity contribution in [2.45, 2.75) is 26.3 Å². The van der Waals surface area contributed by atoms with Gasteiger partial charge in [0.25, 0.3) is 0 Å². The Kier molecular flexibility index (Phi) is 5.74. The van der Waals surface area contributed by atoms with Crippen LogP contribution in [-0.4, -0.2) is 30.8 Å². The van der Waals surface area contributed by atoms with Crippen molar-refractivity contribution in [2.75, 3.05) is 13.7 Å². The summed E-state index contributed by atoms with van der Waals surface area (Å²) >= 11 is 0. The highest BCUT2D eigenvalue weighted by atomic mass is 16.5. The summed E-state index contributed by atoms with van der Waals surface area (Å²) in [4.78, 5) is 25.6. The van der Waals surface area contributed by atoms with Crippen LogP contribution in [0.5, 0.6) is 0 Å². The summed E-state index contributed by atoms with van der Waals surface area (Å²) in [5.74, 6) is -0.491. The van der Waals surface area contributed by atoms with E-state index in [1.807, 2.05) is 61.4 Å². The number of carbonyl (C=O) groups excluding carboxylic acids is 2. The van der Waals surface area contributed by atoms with Crippen LogP contribution in [0.1, 0.15) is 31.9 Å². The third-order valence-electron chi connectivity index (χ3n) is 4.32. The van der Waals surface area contributed by atoms with Crippen molar-refractivity contribution in [2.24, 2.45) is 5.92 Å². The van der Waals surface area contributed by atoms with Crippen molar-refractivity contribution in [1.82, 2.24) is 4.90 Å². The number of esters is 1.